The van der Waals surface area contributed by atoms with Crippen molar-refractivity contribution in [2.24, 2.45) is 0 Å². The molecule has 0 aliphatic carbocycles. The standard InChI is InChI=1S/C26H30O14/c1-35-17-5-11(6-18-20(17)14(29)7-16(39-18)10-2-3-12(27)13(28)4-10)38-25-24(34)22(32)19(9-37-25)40-26-23(33)21(31)15(30)8-36-26/h2-6,15-16,19,21-28,30-34H,7-9H2,1H3/t15-,16+,19+,21-,22+,23-,24+,25+,26-/m0/s1. The fraction of sp³-hybridized carbons (Fsp3) is 0.500. The summed E-state index contributed by atoms with van der Waals surface area (Å²) < 4.78 is 33.4. The van der Waals surface area contributed by atoms with Crippen LogP contribution in [0.1, 0.15) is 28.4 Å². The van der Waals surface area contributed by atoms with Crippen LogP contribution in [0.2, 0.25) is 0 Å². The van der Waals surface area contributed by atoms with Gasteiger partial charge in [0.2, 0.25) is 6.29 Å². The van der Waals surface area contributed by atoms with Gasteiger partial charge in [0.05, 0.1) is 26.7 Å². The van der Waals surface area contributed by atoms with E-state index in [1.807, 2.05) is 0 Å². The van der Waals surface area contributed by atoms with Gasteiger partial charge in [0.1, 0.15) is 65.5 Å². The molecule has 0 spiro atoms. The number of hydrogen-bond acceptors (Lipinski definition) is 14. The molecule has 0 radical (unpaired) electrons. The minimum absolute atomic E-state index is 0.0544. The van der Waals surface area contributed by atoms with Gasteiger partial charge in [-0.15, -0.1) is 0 Å². The van der Waals surface area contributed by atoms with Crippen LogP contribution in [0, 0.1) is 0 Å². The largest absolute Gasteiger partial charge is 0.504 e. The molecule has 3 aliphatic rings. The van der Waals surface area contributed by atoms with Crippen LogP contribution in [0.25, 0.3) is 0 Å². The van der Waals surface area contributed by atoms with Gasteiger partial charge in [0.25, 0.3) is 0 Å². The van der Waals surface area contributed by atoms with E-state index in [-0.39, 0.29) is 59.7 Å². The lowest BCUT2D eigenvalue weighted by atomic mass is 9.95. The van der Waals surface area contributed by atoms with E-state index < -0.39 is 55.3 Å². The number of methoxy groups -OCH3 is 1. The zero-order chi connectivity index (χ0) is 28.7. The first-order valence-electron chi connectivity index (χ1n) is 12.5. The monoisotopic (exact) mass is 566 g/mol. The van der Waals surface area contributed by atoms with Crippen molar-refractivity contribution in [3.63, 3.8) is 0 Å². The molecule has 5 rings (SSSR count). The number of ether oxygens (including phenoxy) is 6. The van der Waals surface area contributed by atoms with Crippen molar-refractivity contribution >= 4 is 5.78 Å². The van der Waals surface area contributed by atoms with Crippen LogP contribution in [0.3, 0.4) is 0 Å². The highest BCUT2D eigenvalue weighted by atomic mass is 16.7. The predicted octanol–water partition coefficient (Wildman–Crippen LogP) is -0.906. The number of rotatable bonds is 6. The third-order valence-electron chi connectivity index (χ3n) is 7.00. The molecule has 3 aliphatic heterocycles. The molecule has 0 unspecified atom stereocenters. The summed E-state index contributed by atoms with van der Waals surface area (Å²) in [6.07, 6.45) is -12.4. The van der Waals surface area contributed by atoms with Crippen LogP contribution in [-0.4, -0.2) is 111 Å². The van der Waals surface area contributed by atoms with Crippen molar-refractivity contribution in [2.75, 3.05) is 20.3 Å². The molecule has 0 saturated carbocycles. The highest BCUT2D eigenvalue weighted by Crippen LogP contribution is 2.43. The molecule has 218 valence electrons. The van der Waals surface area contributed by atoms with Crippen molar-refractivity contribution in [3.8, 4) is 28.7 Å². The van der Waals surface area contributed by atoms with Gasteiger partial charge in [-0.05, 0) is 17.7 Å². The number of carbonyl (C=O) groups is 1. The van der Waals surface area contributed by atoms with Gasteiger partial charge in [-0.1, -0.05) is 6.07 Å². The number of ketones is 1. The Morgan fingerprint density at radius 1 is 0.850 bits per heavy atom. The van der Waals surface area contributed by atoms with Crippen LogP contribution >= 0.6 is 0 Å². The maximum Gasteiger partial charge on any atom is 0.228 e. The average molecular weight is 567 g/mol. The zero-order valence-electron chi connectivity index (χ0n) is 21.2. The Labute approximate surface area is 227 Å². The highest BCUT2D eigenvalue weighted by Gasteiger charge is 2.45. The van der Waals surface area contributed by atoms with E-state index >= 15 is 0 Å². The van der Waals surface area contributed by atoms with Gasteiger partial charge in [0.15, 0.2) is 23.6 Å². The number of hydrogen-bond donors (Lipinski definition) is 7. The smallest absolute Gasteiger partial charge is 0.228 e. The van der Waals surface area contributed by atoms with Crippen LogP contribution in [0.4, 0.5) is 0 Å². The lowest BCUT2D eigenvalue weighted by Crippen LogP contribution is -2.60. The Balaban J connectivity index is 1.30. The third kappa shape index (κ3) is 5.40. The fourth-order valence-electron chi connectivity index (χ4n) is 4.75. The van der Waals surface area contributed by atoms with Crippen molar-refractivity contribution in [1.82, 2.24) is 0 Å². The fourth-order valence-corrected chi connectivity index (χ4v) is 4.75. The Morgan fingerprint density at radius 3 is 2.30 bits per heavy atom. The van der Waals surface area contributed by atoms with E-state index in [0.717, 1.165) is 0 Å². The molecule has 40 heavy (non-hydrogen) atoms. The maximum absolute atomic E-state index is 13.0. The molecular weight excluding hydrogens is 536 g/mol. The first-order chi connectivity index (χ1) is 19.1. The molecule has 14 nitrogen and oxygen atoms in total. The number of phenols is 2. The van der Waals surface area contributed by atoms with Crippen LogP contribution in [0.5, 0.6) is 28.7 Å². The van der Waals surface area contributed by atoms with Crippen LogP contribution in [-0.2, 0) is 14.2 Å². The molecule has 14 heteroatoms. The SMILES string of the molecule is COc1cc(O[C@H]2OC[C@@H](O[C@@H]3OC[C@H](O)[C@H](O)[C@@H]3O)[C@@H](O)[C@H]2O)cc2c1C(=O)C[C@H](c1ccc(O)c(O)c1)O2. The summed E-state index contributed by atoms with van der Waals surface area (Å²) in [7, 11) is 1.35. The molecule has 7 N–H and O–H groups in total. The summed E-state index contributed by atoms with van der Waals surface area (Å²) in [5.74, 6) is -0.646. The van der Waals surface area contributed by atoms with Gasteiger partial charge in [-0.2, -0.15) is 0 Å². The first-order valence-corrected chi connectivity index (χ1v) is 12.5. The number of fused-ring (bicyclic) bond motifs is 1. The van der Waals surface area contributed by atoms with E-state index in [0.29, 0.717) is 5.56 Å². The predicted molar refractivity (Wildman–Crippen MR) is 130 cm³/mol. The van der Waals surface area contributed by atoms with E-state index in [4.69, 9.17) is 28.4 Å². The lowest BCUT2D eigenvalue weighted by Gasteiger charge is -2.41. The molecule has 2 saturated heterocycles. The number of aliphatic hydroxyl groups excluding tert-OH is 5. The Hall–Kier alpha value is -3.21. The van der Waals surface area contributed by atoms with Crippen molar-refractivity contribution < 1.29 is 69.0 Å². The molecule has 3 heterocycles. The summed E-state index contributed by atoms with van der Waals surface area (Å²) in [4.78, 5) is 13.0. The molecule has 0 amide bonds. The van der Waals surface area contributed by atoms with Gasteiger partial charge in [-0.25, -0.2) is 0 Å². The van der Waals surface area contributed by atoms with Crippen molar-refractivity contribution in [1.29, 1.82) is 0 Å². The molecule has 0 aromatic heterocycles. The summed E-state index contributed by atoms with van der Waals surface area (Å²) in [5, 5.41) is 70.3. The Kier molecular flexibility index (Phi) is 8.03. The topological polar surface area (TPSA) is 214 Å². The molecule has 0 bridgehead atoms. The highest BCUT2D eigenvalue weighted by molar-refractivity contribution is 6.02. The second-order valence-corrected chi connectivity index (χ2v) is 9.71. The van der Waals surface area contributed by atoms with E-state index in [9.17, 15) is 40.5 Å². The first kappa shape index (κ1) is 28.3. The van der Waals surface area contributed by atoms with Crippen LogP contribution < -0.4 is 14.2 Å². The lowest BCUT2D eigenvalue weighted by molar-refractivity contribution is -0.320. The molecular formula is C26H30O14. The minimum Gasteiger partial charge on any atom is -0.504 e. The second-order valence-electron chi connectivity index (χ2n) is 9.71. The average Bonchev–Trinajstić information content (AvgIpc) is 2.93. The van der Waals surface area contributed by atoms with Crippen molar-refractivity contribution in [2.45, 2.75) is 61.7 Å². The summed E-state index contributed by atoms with van der Waals surface area (Å²) in [6.45, 7) is -0.599. The molecule has 2 aromatic rings. The maximum atomic E-state index is 13.0. The quantitative estimate of drug-likeness (QED) is 0.211. The minimum atomic E-state index is -1.63. The Bertz CT molecular complexity index is 1240. The van der Waals surface area contributed by atoms with Crippen molar-refractivity contribution in [3.05, 3.63) is 41.5 Å². The van der Waals surface area contributed by atoms with E-state index in [2.05, 4.69) is 0 Å². The Morgan fingerprint density at radius 2 is 1.57 bits per heavy atom. The summed E-state index contributed by atoms with van der Waals surface area (Å²) >= 11 is 0. The normalized spacial score (nSPS) is 34.0. The second kappa shape index (κ2) is 11.3. The number of phenolic OH excluding ortho intramolecular Hbond substituents is 2. The van der Waals surface area contributed by atoms with Gasteiger partial charge < -0.3 is 64.2 Å². The number of Topliss-reactive ketones (excluding diaryl/α,β-unsaturated/α-hetero) is 1. The molecule has 2 aromatic carbocycles. The third-order valence-corrected chi connectivity index (χ3v) is 7.00. The van der Waals surface area contributed by atoms with Gasteiger partial charge in [0, 0.05) is 12.1 Å². The zero-order valence-corrected chi connectivity index (χ0v) is 21.2. The van der Waals surface area contributed by atoms with E-state index in [1.54, 1.807) is 0 Å². The molecule has 2 fully saturated rings. The van der Waals surface area contributed by atoms with Crippen LogP contribution in [0.15, 0.2) is 30.3 Å². The van der Waals surface area contributed by atoms with Gasteiger partial charge in [-0.3, -0.25) is 4.79 Å². The number of aliphatic hydroxyl groups is 5. The summed E-state index contributed by atoms with van der Waals surface area (Å²) in [6, 6.07) is 6.89. The van der Waals surface area contributed by atoms with E-state index in [1.165, 1.54) is 37.4 Å². The summed E-state index contributed by atoms with van der Waals surface area (Å²) in [5.41, 5.74) is 0.625. The number of aromatic hydroxyl groups is 2. The number of benzene rings is 2. The number of carbonyl (C=O) groups excluding carboxylic acids is 1. The van der Waals surface area contributed by atoms with Gasteiger partial charge >= 0.3 is 0 Å². The molecule has 9 atom stereocenters.